The predicted molar refractivity (Wildman–Crippen MR) is 121 cm³/mol. The number of aromatic nitrogens is 3. The van der Waals surface area contributed by atoms with E-state index in [2.05, 4.69) is 15.4 Å². The first kappa shape index (κ1) is 20.6. The molecule has 32 heavy (non-hydrogen) atoms. The molecular formula is C21H13Cl2N5O3S. The highest BCUT2D eigenvalue weighted by atomic mass is 35.5. The third-order valence-electron chi connectivity index (χ3n) is 5.11. The molecule has 0 fully saturated rings. The van der Waals surface area contributed by atoms with Gasteiger partial charge < -0.3 is 0 Å². The van der Waals surface area contributed by atoms with Gasteiger partial charge in [0.05, 0.1) is 21.8 Å². The molecule has 2 aromatic carbocycles. The van der Waals surface area contributed by atoms with Gasteiger partial charge in [0.25, 0.3) is 17.8 Å². The molecule has 1 atom stereocenters. The maximum absolute atomic E-state index is 12.8. The molecule has 3 amide bonds. The van der Waals surface area contributed by atoms with Crippen LogP contribution < -0.4 is 5.32 Å². The van der Waals surface area contributed by atoms with Crippen molar-refractivity contribution < 1.29 is 14.4 Å². The summed E-state index contributed by atoms with van der Waals surface area (Å²) in [5, 5.41) is 9.78. The fourth-order valence-corrected chi connectivity index (χ4v) is 4.71. The van der Waals surface area contributed by atoms with Crippen molar-refractivity contribution >= 4 is 63.2 Å². The first-order valence-corrected chi connectivity index (χ1v) is 11.1. The highest BCUT2D eigenvalue weighted by molar-refractivity contribution is 7.15. The normalized spacial score (nSPS) is 14.2. The van der Waals surface area contributed by atoms with Crippen molar-refractivity contribution in [2.45, 2.75) is 13.0 Å². The van der Waals surface area contributed by atoms with Gasteiger partial charge in [-0.2, -0.15) is 4.98 Å². The lowest BCUT2D eigenvalue weighted by atomic mass is 10.1. The van der Waals surface area contributed by atoms with Crippen molar-refractivity contribution in [3.63, 3.8) is 0 Å². The number of hydrogen-bond acceptors (Lipinski definition) is 6. The minimum absolute atomic E-state index is 0.0460. The van der Waals surface area contributed by atoms with Gasteiger partial charge in [0.1, 0.15) is 6.04 Å². The number of fused-ring (bicyclic) bond motifs is 2. The Kier molecular flexibility index (Phi) is 4.96. The van der Waals surface area contributed by atoms with E-state index in [1.807, 2.05) is 5.38 Å². The molecule has 0 saturated heterocycles. The van der Waals surface area contributed by atoms with E-state index >= 15 is 0 Å². The average molecular weight is 486 g/mol. The zero-order chi connectivity index (χ0) is 22.6. The largest absolute Gasteiger partial charge is 0.291 e. The second-order valence-corrected chi connectivity index (χ2v) is 8.75. The average Bonchev–Trinajstić information content (AvgIpc) is 3.42. The molecule has 5 rings (SSSR count). The van der Waals surface area contributed by atoms with Crippen LogP contribution in [-0.4, -0.2) is 43.3 Å². The van der Waals surface area contributed by atoms with Gasteiger partial charge in [-0.15, -0.1) is 16.4 Å². The number of anilines is 1. The standard InChI is InChI=1S/C21H13Cl2N5O3S/c1-10(27-18(30)12-4-2-3-5-13(12)19(27)31)17(29)24-20-25-21-28(26-20)16(9-32-21)14-8-11(22)6-7-15(14)23/h2-10H,1H3,(H,24,26,29). The lowest BCUT2D eigenvalue weighted by Gasteiger charge is -2.20. The highest BCUT2D eigenvalue weighted by Crippen LogP contribution is 2.33. The lowest BCUT2D eigenvalue weighted by molar-refractivity contribution is -0.119. The van der Waals surface area contributed by atoms with Crippen LogP contribution >= 0.6 is 34.5 Å². The molecule has 4 aromatic rings. The number of hydrogen-bond donors (Lipinski definition) is 1. The van der Waals surface area contributed by atoms with Crippen molar-refractivity contribution in [2.24, 2.45) is 0 Å². The fraction of sp³-hybridized carbons (Fsp3) is 0.0952. The van der Waals surface area contributed by atoms with E-state index in [0.29, 0.717) is 26.3 Å². The molecule has 3 heterocycles. The summed E-state index contributed by atoms with van der Waals surface area (Å²) in [6.45, 7) is 1.48. The number of nitrogens with one attached hydrogen (secondary N) is 1. The van der Waals surface area contributed by atoms with E-state index in [1.54, 1.807) is 47.0 Å². The number of carbonyl (C=O) groups is 3. The van der Waals surface area contributed by atoms with Crippen LogP contribution in [0.15, 0.2) is 47.8 Å². The summed E-state index contributed by atoms with van der Waals surface area (Å²) in [5.41, 5.74) is 1.90. The van der Waals surface area contributed by atoms with Gasteiger partial charge in [-0.1, -0.05) is 35.3 Å². The third kappa shape index (κ3) is 3.26. The quantitative estimate of drug-likeness (QED) is 0.432. The fourth-order valence-electron chi connectivity index (χ4n) is 3.51. The predicted octanol–water partition coefficient (Wildman–Crippen LogP) is 4.39. The smallest absolute Gasteiger partial charge is 0.262 e. The minimum atomic E-state index is -1.05. The molecule has 1 aliphatic heterocycles. The summed E-state index contributed by atoms with van der Waals surface area (Å²) in [6.07, 6.45) is 0. The van der Waals surface area contributed by atoms with Crippen molar-refractivity contribution in [3.8, 4) is 11.3 Å². The number of benzene rings is 2. The van der Waals surface area contributed by atoms with Gasteiger partial charge in [-0.05, 0) is 37.3 Å². The summed E-state index contributed by atoms with van der Waals surface area (Å²) in [7, 11) is 0. The molecule has 1 unspecified atom stereocenters. The molecule has 0 spiro atoms. The Hall–Kier alpha value is -3.27. The SMILES string of the molecule is CC(C(=O)Nc1nc2scc(-c3cc(Cl)ccc3Cl)n2n1)N1C(=O)c2ccccc2C1=O. The molecule has 160 valence electrons. The van der Waals surface area contributed by atoms with Crippen LogP contribution in [0.2, 0.25) is 10.0 Å². The van der Waals surface area contributed by atoms with Crippen LogP contribution in [0.3, 0.4) is 0 Å². The molecule has 11 heteroatoms. The van der Waals surface area contributed by atoms with Crippen molar-refractivity contribution in [3.05, 3.63) is 69.0 Å². The molecule has 0 aliphatic carbocycles. The summed E-state index contributed by atoms with van der Waals surface area (Å²) >= 11 is 13.7. The summed E-state index contributed by atoms with van der Waals surface area (Å²) < 4.78 is 1.55. The molecule has 0 radical (unpaired) electrons. The molecule has 0 bridgehead atoms. The number of imide groups is 1. The molecule has 1 aliphatic rings. The van der Waals surface area contributed by atoms with Crippen LogP contribution in [-0.2, 0) is 4.79 Å². The number of thiazole rings is 1. The zero-order valence-electron chi connectivity index (χ0n) is 16.4. The van der Waals surface area contributed by atoms with E-state index in [4.69, 9.17) is 23.2 Å². The Morgan fingerprint density at radius 1 is 1.06 bits per heavy atom. The Labute approximate surface area is 195 Å². The van der Waals surface area contributed by atoms with Gasteiger partial charge in [-0.3, -0.25) is 24.6 Å². The molecule has 2 aromatic heterocycles. The van der Waals surface area contributed by atoms with Crippen molar-refractivity contribution in [1.82, 2.24) is 19.5 Å². The van der Waals surface area contributed by atoms with Crippen LogP contribution in [0.1, 0.15) is 27.6 Å². The molecule has 1 N–H and O–H groups in total. The van der Waals surface area contributed by atoms with E-state index in [9.17, 15) is 14.4 Å². The van der Waals surface area contributed by atoms with E-state index in [1.165, 1.54) is 18.3 Å². The van der Waals surface area contributed by atoms with Crippen LogP contribution in [0, 0.1) is 0 Å². The Bertz CT molecular complexity index is 1400. The van der Waals surface area contributed by atoms with E-state index in [0.717, 1.165) is 4.90 Å². The van der Waals surface area contributed by atoms with Crippen LogP contribution in [0.5, 0.6) is 0 Å². The van der Waals surface area contributed by atoms with Gasteiger partial charge in [0, 0.05) is 16.0 Å². The van der Waals surface area contributed by atoms with Crippen molar-refractivity contribution in [2.75, 3.05) is 5.32 Å². The number of rotatable bonds is 4. The number of halogens is 2. The summed E-state index contributed by atoms with van der Waals surface area (Å²) in [6, 6.07) is 10.5. The first-order valence-electron chi connectivity index (χ1n) is 9.42. The van der Waals surface area contributed by atoms with Crippen molar-refractivity contribution in [1.29, 1.82) is 0 Å². The maximum Gasteiger partial charge on any atom is 0.262 e. The first-order chi connectivity index (χ1) is 15.3. The number of carbonyl (C=O) groups excluding carboxylic acids is 3. The minimum Gasteiger partial charge on any atom is -0.291 e. The number of nitrogens with zero attached hydrogens (tertiary/aromatic N) is 4. The van der Waals surface area contributed by atoms with Gasteiger partial charge in [0.2, 0.25) is 10.9 Å². The van der Waals surface area contributed by atoms with Gasteiger partial charge >= 0.3 is 0 Å². The third-order valence-corrected chi connectivity index (χ3v) is 6.49. The Morgan fingerprint density at radius 2 is 1.75 bits per heavy atom. The Balaban J connectivity index is 1.40. The molecule has 8 nitrogen and oxygen atoms in total. The summed E-state index contributed by atoms with van der Waals surface area (Å²) in [4.78, 5) is 43.9. The van der Waals surface area contributed by atoms with Gasteiger partial charge in [0.15, 0.2) is 0 Å². The monoisotopic (exact) mass is 485 g/mol. The lowest BCUT2D eigenvalue weighted by Crippen LogP contribution is -2.45. The maximum atomic E-state index is 12.8. The zero-order valence-corrected chi connectivity index (χ0v) is 18.7. The van der Waals surface area contributed by atoms with E-state index < -0.39 is 23.8 Å². The second-order valence-electron chi connectivity index (χ2n) is 7.07. The molecule has 0 saturated carbocycles. The number of amides is 3. The van der Waals surface area contributed by atoms with Crippen LogP contribution in [0.4, 0.5) is 5.95 Å². The van der Waals surface area contributed by atoms with Crippen LogP contribution in [0.25, 0.3) is 16.2 Å². The second kappa shape index (κ2) is 7.70. The van der Waals surface area contributed by atoms with Gasteiger partial charge in [-0.25, -0.2) is 4.52 Å². The molecular weight excluding hydrogens is 473 g/mol. The van der Waals surface area contributed by atoms with E-state index in [-0.39, 0.29) is 17.1 Å². The summed E-state index contributed by atoms with van der Waals surface area (Å²) in [5.74, 6) is -1.56. The highest BCUT2D eigenvalue weighted by Gasteiger charge is 2.40. The topological polar surface area (TPSA) is 96.7 Å². The Morgan fingerprint density at radius 3 is 2.44 bits per heavy atom.